The van der Waals surface area contributed by atoms with Crippen LogP contribution >= 0.6 is 0 Å². The smallest absolute Gasteiger partial charge is 0.334 e. The standard InChI is InChI=1S/C19H30N4O6/c1-13(2)12-22-11-3-4-14(22)19(28)21-9-7-15(24)20-10-8-18(27)29-23-16(25)5-6-17(23)26/h13-14H,3-12H2,1-2H3,(H,20,24)(H,21,28)/i1+1,2+1,3+1,4+1,11+1,12+1,13+1,14+1,22+1. The predicted molar refractivity (Wildman–Crippen MR) is 102 cm³/mol. The summed E-state index contributed by atoms with van der Waals surface area (Å²) in [6, 6.07) is -0.133. The molecule has 2 fully saturated rings. The van der Waals surface area contributed by atoms with Gasteiger partial charge in [0.05, 0.1) is 12.5 Å². The average molecular weight is 419 g/mol. The third-order valence-electron chi connectivity index (χ3n) is 4.77. The van der Waals surface area contributed by atoms with Crippen LogP contribution < -0.4 is 10.6 Å². The Labute approximate surface area is 170 Å². The maximum Gasteiger partial charge on any atom is 0.334 e. The molecule has 2 saturated heterocycles. The lowest BCUT2D eigenvalue weighted by Gasteiger charge is -2.25. The van der Waals surface area contributed by atoms with E-state index in [1.54, 1.807) is 0 Å². The topological polar surface area (TPSA) is 125 Å². The molecule has 0 saturated carbocycles. The van der Waals surface area contributed by atoms with Gasteiger partial charge in [0.2, 0.25) is 11.8 Å². The van der Waals surface area contributed by atoms with Crippen LogP contribution in [0.3, 0.4) is 0 Å². The first-order chi connectivity index (χ1) is 13.8. The van der Waals surface area contributed by atoms with Gasteiger partial charge in [0, 0.05) is 38.9 Å². The van der Waals surface area contributed by atoms with Crippen molar-refractivity contribution in [2.24, 2.45) is 5.92 Å². The summed E-state index contributed by atoms with van der Waals surface area (Å²) >= 11 is 0. The molecule has 10 heteroatoms. The number of hydrogen-bond acceptors (Lipinski definition) is 7. The van der Waals surface area contributed by atoms with Crippen LogP contribution in [0.25, 0.3) is 0 Å². The summed E-state index contributed by atoms with van der Waals surface area (Å²) < 4.78 is 0. The van der Waals surface area contributed by atoms with Gasteiger partial charge in [-0.15, -0.1) is 5.06 Å². The van der Waals surface area contributed by atoms with Gasteiger partial charge in [-0.05, 0) is 25.3 Å². The van der Waals surface area contributed by atoms with Crippen LogP contribution in [0.2, 0.25) is 0 Å². The molecule has 4 amide bonds. The first-order valence-electron chi connectivity index (χ1n) is 10.1. The molecule has 0 aromatic rings. The Bertz CT molecular complexity index is 635. The number of imide groups is 1. The summed E-state index contributed by atoms with van der Waals surface area (Å²) in [5.41, 5.74) is 0. The van der Waals surface area contributed by atoms with Gasteiger partial charge in [-0.3, -0.25) is 24.1 Å². The molecule has 2 rings (SSSR count). The SMILES string of the molecule is [13CH3][13CH]([13CH3])[13CH2][15N]1[13CH2][13CH2][13CH2][13CH]1C(=O)NCCC(=O)NCCC(=O)ON1C(=O)CCC1=O. The van der Waals surface area contributed by atoms with Crippen molar-refractivity contribution < 1.29 is 28.8 Å². The Morgan fingerprint density at radius 2 is 1.72 bits per heavy atom. The number of nitrogens with one attached hydrogen (secondary N) is 2. The number of hydrogen-bond donors (Lipinski definition) is 2. The van der Waals surface area contributed by atoms with Crippen LogP contribution in [0.1, 0.15) is 52.4 Å². The number of carbonyl (C=O) groups excluding carboxylic acids is 5. The normalized spacial score (nSPS) is 19.7. The van der Waals surface area contributed by atoms with Gasteiger partial charge in [-0.1, -0.05) is 13.8 Å². The predicted octanol–water partition coefficient (Wildman–Crippen LogP) is -0.273. The Morgan fingerprint density at radius 1 is 1.07 bits per heavy atom. The highest BCUT2D eigenvalue weighted by Crippen LogP contribution is 2.18. The molecule has 1 atom stereocenters. The third kappa shape index (κ3) is 7.12. The summed E-state index contributed by atoms with van der Waals surface area (Å²) in [5.74, 6) is -1.73. The number of amides is 4. The Morgan fingerprint density at radius 3 is 2.38 bits per heavy atom. The van der Waals surface area contributed by atoms with Crippen LogP contribution in [-0.4, -0.2) is 71.8 Å². The third-order valence-corrected chi connectivity index (χ3v) is 4.77. The maximum atomic E-state index is 12.3. The fraction of sp³-hybridized carbons (Fsp3) is 0.737. The number of rotatable bonds is 10. The maximum absolute atomic E-state index is 12.3. The molecular formula is C19H30N4O6. The lowest BCUT2D eigenvalue weighted by Crippen LogP contribution is -2.45. The van der Waals surface area contributed by atoms with E-state index in [4.69, 9.17) is 4.84 Å². The number of carbonyl (C=O) groups is 5. The second-order valence-corrected chi connectivity index (χ2v) is 7.73. The fourth-order valence-corrected chi connectivity index (χ4v) is 3.43. The van der Waals surface area contributed by atoms with E-state index in [0.29, 0.717) is 11.0 Å². The molecular weight excluding hydrogens is 389 g/mol. The molecule has 0 aromatic carbocycles. The lowest BCUT2D eigenvalue weighted by molar-refractivity contribution is -0.197. The summed E-state index contributed by atoms with van der Waals surface area (Å²) in [5, 5.41) is 5.83. The Balaban J connectivity index is 1.58. The molecule has 10 nitrogen and oxygen atoms in total. The van der Waals surface area contributed by atoms with Gasteiger partial charge in [0.15, 0.2) is 0 Å². The molecule has 0 bridgehead atoms. The summed E-state index contributed by atoms with van der Waals surface area (Å²) in [6.07, 6.45) is 1.82. The van der Waals surface area contributed by atoms with Crippen LogP contribution in [-0.2, 0) is 28.8 Å². The largest absolute Gasteiger partial charge is 0.355 e. The van der Waals surface area contributed by atoms with Crippen molar-refractivity contribution in [3.8, 4) is 0 Å². The average Bonchev–Trinajstić information content (AvgIpc) is 3.22. The number of hydroxylamine groups is 2. The van der Waals surface area contributed by atoms with Gasteiger partial charge in [0.25, 0.3) is 11.8 Å². The first-order valence-corrected chi connectivity index (χ1v) is 10.1. The second kappa shape index (κ2) is 10.9. The Hall–Kier alpha value is -2.49. The molecule has 2 aliphatic heterocycles. The van der Waals surface area contributed by atoms with Crippen LogP contribution in [0, 0.1) is 5.92 Å². The zero-order valence-electron chi connectivity index (χ0n) is 17.1. The molecule has 0 spiro atoms. The fourth-order valence-electron chi connectivity index (χ4n) is 3.43. The zero-order chi connectivity index (χ0) is 21.4. The van der Waals surface area contributed by atoms with Crippen molar-refractivity contribution >= 4 is 29.6 Å². The van der Waals surface area contributed by atoms with Gasteiger partial charge in [-0.2, -0.15) is 0 Å². The lowest BCUT2D eigenvalue weighted by atomic mass is 10.3. The van der Waals surface area contributed by atoms with E-state index in [-0.39, 0.29) is 56.6 Å². The van der Waals surface area contributed by atoms with E-state index in [9.17, 15) is 24.0 Å². The zero-order valence-corrected chi connectivity index (χ0v) is 17.1. The van der Waals surface area contributed by atoms with Crippen molar-refractivity contribution in [2.45, 2.75) is 58.4 Å². The van der Waals surface area contributed by atoms with E-state index in [2.05, 4.69) is 29.4 Å². The number of likely N-dealkylation sites (tertiary alicyclic amines) is 1. The highest BCUT2D eigenvalue weighted by Gasteiger charge is 2.33. The van der Waals surface area contributed by atoms with Gasteiger partial charge < -0.3 is 15.5 Å². The van der Waals surface area contributed by atoms with Crippen molar-refractivity contribution in [1.29, 1.82) is 0 Å². The van der Waals surface area contributed by atoms with E-state index in [1.807, 2.05) is 0 Å². The van der Waals surface area contributed by atoms with Crippen LogP contribution in [0.4, 0.5) is 0 Å². The summed E-state index contributed by atoms with van der Waals surface area (Å²) in [6.45, 7) is 6.28. The monoisotopic (exact) mass is 419 g/mol. The van der Waals surface area contributed by atoms with Gasteiger partial charge in [0.1, 0.15) is 0 Å². The molecule has 0 aromatic heterocycles. The van der Waals surface area contributed by atoms with Crippen molar-refractivity contribution in [2.75, 3.05) is 26.2 Å². The minimum absolute atomic E-state index is 0.0205. The Kier molecular flexibility index (Phi) is 8.56. The highest BCUT2D eigenvalue weighted by molar-refractivity contribution is 6.01. The molecule has 1 unspecified atom stereocenters. The van der Waals surface area contributed by atoms with Crippen molar-refractivity contribution in [1.82, 2.24) is 20.6 Å². The molecule has 29 heavy (non-hydrogen) atoms. The van der Waals surface area contributed by atoms with E-state index in [1.165, 1.54) is 0 Å². The molecule has 2 aliphatic rings. The first kappa shape index (κ1) is 22.8. The summed E-state index contributed by atoms with van der Waals surface area (Å²) in [4.78, 5) is 65.4. The van der Waals surface area contributed by atoms with Crippen molar-refractivity contribution in [3.05, 3.63) is 0 Å². The minimum Gasteiger partial charge on any atom is -0.355 e. The van der Waals surface area contributed by atoms with Crippen molar-refractivity contribution in [3.63, 3.8) is 0 Å². The van der Waals surface area contributed by atoms with E-state index >= 15 is 0 Å². The molecule has 0 radical (unpaired) electrons. The minimum atomic E-state index is -0.770. The van der Waals surface area contributed by atoms with Gasteiger partial charge in [-0.25, -0.2) is 4.79 Å². The molecule has 0 aliphatic carbocycles. The quantitative estimate of drug-likeness (QED) is 0.284. The van der Waals surface area contributed by atoms with Gasteiger partial charge >= 0.3 is 5.97 Å². The molecule has 2 N–H and O–H groups in total. The summed E-state index contributed by atoms with van der Waals surface area (Å²) in [7, 11) is 0. The number of nitrogens with zero attached hydrogens (tertiary/aromatic N) is 2. The van der Waals surface area contributed by atoms with Crippen LogP contribution in [0.15, 0.2) is 0 Å². The van der Waals surface area contributed by atoms with Crippen LogP contribution in [0.5, 0.6) is 0 Å². The second-order valence-electron chi connectivity index (χ2n) is 7.73. The molecule has 2 heterocycles. The van der Waals surface area contributed by atoms with E-state index < -0.39 is 17.8 Å². The molecule has 162 valence electrons. The highest BCUT2D eigenvalue weighted by atomic mass is 16.7. The van der Waals surface area contributed by atoms with E-state index in [0.717, 1.165) is 25.9 Å².